The van der Waals surface area contributed by atoms with Crippen molar-refractivity contribution in [3.8, 4) is 11.3 Å². The number of amides is 1. The van der Waals surface area contributed by atoms with Gasteiger partial charge in [-0.05, 0) is 33.8 Å². The minimum atomic E-state index is -0.218. The van der Waals surface area contributed by atoms with Gasteiger partial charge in [0.15, 0.2) is 0 Å². The maximum atomic E-state index is 13.2. The number of aryl methyl sites for hydroxylation is 3. The van der Waals surface area contributed by atoms with E-state index in [2.05, 4.69) is 25.7 Å². The van der Waals surface area contributed by atoms with Crippen LogP contribution in [0.2, 0.25) is 0 Å². The first kappa shape index (κ1) is 18.9. The van der Waals surface area contributed by atoms with Gasteiger partial charge in [0.25, 0.3) is 11.6 Å². The van der Waals surface area contributed by atoms with E-state index in [1.807, 2.05) is 38.7 Å². The summed E-state index contributed by atoms with van der Waals surface area (Å²) in [4.78, 5) is 17.7. The van der Waals surface area contributed by atoms with Gasteiger partial charge in [-0.1, -0.05) is 5.16 Å². The Labute approximate surface area is 167 Å². The molecular formula is C20H23N7O2. The molecule has 0 saturated carbocycles. The molecule has 4 heterocycles. The van der Waals surface area contributed by atoms with Gasteiger partial charge in [0.1, 0.15) is 0 Å². The predicted octanol–water partition coefficient (Wildman–Crippen LogP) is 2.95. The quantitative estimate of drug-likeness (QED) is 0.559. The average molecular weight is 393 g/mol. The SMILES string of the molecule is CCn1ncc([C@H](C)NC(=O)c2cc(-c3cnn(C)c3)nc3onc(C)c23)c1C. The molecule has 1 N–H and O–H groups in total. The predicted molar refractivity (Wildman–Crippen MR) is 107 cm³/mol. The molecule has 29 heavy (non-hydrogen) atoms. The molecule has 0 aliphatic heterocycles. The van der Waals surface area contributed by atoms with Gasteiger partial charge >= 0.3 is 0 Å². The van der Waals surface area contributed by atoms with Gasteiger partial charge in [-0.15, -0.1) is 0 Å². The van der Waals surface area contributed by atoms with Crippen LogP contribution in [-0.4, -0.2) is 35.6 Å². The van der Waals surface area contributed by atoms with Crippen LogP contribution >= 0.6 is 0 Å². The van der Waals surface area contributed by atoms with Crippen molar-refractivity contribution in [2.45, 2.75) is 40.3 Å². The molecule has 0 aliphatic carbocycles. The number of carbonyl (C=O) groups is 1. The summed E-state index contributed by atoms with van der Waals surface area (Å²) in [7, 11) is 1.83. The van der Waals surface area contributed by atoms with Crippen molar-refractivity contribution in [2.75, 3.05) is 0 Å². The highest BCUT2D eigenvalue weighted by Crippen LogP contribution is 2.27. The van der Waals surface area contributed by atoms with Crippen LogP contribution in [0.3, 0.4) is 0 Å². The molecule has 4 aromatic rings. The van der Waals surface area contributed by atoms with E-state index >= 15 is 0 Å². The summed E-state index contributed by atoms with van der Waals surface area (Å²) in [5.41, 5.74) is 4.85. The van der Waals surface area contributed by atoms with Gasteiger partial charge in [0, 0.05) is 36.6 Å². The Balaban J connectivity index is 1.72. The molecule has 1 amide bonds. The zero-order chi connectivity index (χ0) is 20.7. The third-order valence-electron chi connectivity index (χ3n) is 5.12. The van der Waals surface area contributed by atoms with E-state index in [-0.39, 0.29) is 11.9 Å². The molecule has 9 nitrogen and oxygen atoms in total. The normalized spacial score (nSPS) is 12.4. The van der Waals surface area contributed by atoms with Crippen molar-refractivity contribution < 1.29 is 9.32 Å². The Bertz CT molecular complexity index is 1200. The lowest BCUT2D eigenvalue weighted by Gasteiger charge is -2.15. The first-order valence-corrected chi connectivity index (χ1v) is 9.48. The van der Waals surface area contributed by atoms with Gasteiger partial charge in [0.05, 0.1) is 40.8 Å². The van der Waals surface area contributed by atoms with Crippen LogP contribution in [0.4, 0.5) is 0 Å². The van der Waals surface area contributed by atoms with Crippen molar-refractivity contribution in [1.82, 2.24) is 35.0 Å². The zero-order valence-corrected chi connectivity index (χ0v) is 17.1. The molecule has 0 radical (unpaired) electrons. The fourth-order valence-electron chi connectivity index (χ4n) is 3.53. The molecule has 0 spiro atoms. The lowest BCUT2D eigenvalue weighted by Crippen LogP contribution is -2.27. The van der Waals surface area contributed by atoms with E-state index in [0.717, 1.165) is 23.4 Å². The summed E-state index contributed by atoms with van der Waals surface area (Å²) in [6, 6.07) is 1.56. The summed E-state index contributed by atoms with van der Waals surface area (Å²) in [5.74, 6) is -0.218. The topological polar surface area (TPSA) is 104 Å². The maximum Gasteiger partial charge on any atom is 0.259 e. The Kier molecular flexibility index (Phi) is 4.65. The number of rotatable bonds is 5. The minimum Gasteiger partial charge on any atom is -0.345 e. The van der Waals surface area contributed by atoms with Crippen molar-refractivity contribution >= 4 is 17.0 Å². The van der Waals surface area contributed by atoms with E-state index < -0.39 is 0 Å². The molecule has 0 saturated heterocycles. The molecule has 0 bridgehead atoms. The summed E-state index contributed by atoms with van der Waals surface area (Å²) in [6.45, 7) is 8.57. The molecule has 0 unspecified atom stereocenters. The highest BCUT2D eigenvalue weighted by Gasteiger charge is 2.22. The fraction of sp³-hybridized carbons (Fsp3) is 0.350. The van der Waals surface area contributed by atoms with Gasteiger partial charge in [-0.2, -0.15) is 10.2 Å². The first-order valence-electron chi connectivity index (χ1n) is 9.48. The molecule has 9 heteroatoms. The van der Waals surface area contributed by atoms with E-state index in [9.17, 15) is 4.79 Å². The summed E-state index contributed by atoms with van der Waals surface area (Å²) >= 11 is 0. The van der Waals surface area contributed by atoms with Gasteiger partial charge < -0.3 is 9.84 Å². The highest BCUT2D eigenvalue weighted by atomic mass is 16.5. The lowest BCUT2D eigenvalue weighted by atomic mass is 10.1. The second-order valence-corrected chi connectivity index (χ2v) is 7.10. The maximum absolute atomic E-state index is 13.2. The number of nitrogens with zero attached hydrogens (tertiary/aromatic N) is 6. The van der Waals surface area contributed by atoms with Crippen molar-refractivity contribution in [2.24, 2.45) is 7.05 Å². The molecule has 0 aromatic carbocycles. The van der Waals surface area contributed by atoms with Gasteiger partial charge in [-0.25, -0.2) is 4.98 Å². The number of hydrogen-bond acceptors (Lipinski definition) is 6. The smallest absolute Gasteiger partial charge is 0.259 e. The standard InChI is InChI=1S/C20H23N7O2/c1-6-27-13(4)16(9-22-27)11(2)23-19(28)15-7-17(14-8-21-26(5)10-14)24-20-18(15)12(3)25-29-20/h7-11H,6H2,1-5H3,(H,23,28)/t11-/m0/s1. The van der Waals surface area contributed by atoms with Crippen molar-refractivity contribution in [3.05, 3.63) is 47.2 Å². The number of nitrogens with one attached hydrogen (secondary N) is 1. The van der Waals surface area contributed by atoms with Crippen LogP contribution in [0.5, 0.6) is 0 Å². The third kappa shape index (κ3) is 3.28. The molecule has 0 fully saturated rings. The summed E-state index contributed by atoms with van der Waals surface area (Å²) in [6.07, 6.45) is 5.34. The number of pyridine rings is 1. The second kappa shape index (κ2) is 7.16. The fourth-order valence-corrected chi connectivity index (χ4v) is 3.53. The number of hydrogen-bond donors (Lipinski definition) is 1. The van der Waals surface area contributed by atoms with Crippen LogP contribution in [-0.2, 0) is 13.6 Å². The monoisotopic (exact) mass is 393 g/mol. The largest absolute Gasteiger partial charge is 0.345 e. The van der Waals surface area contributed by atoms with Crippen LogP contribution in [0.1, 0.15) is 47.2 Å². The Hall–Kier alpha value is -3.49. The third-order valence-corrected chi connectivity index (χ3v) is 5.12. The molecule has 150 valence electrons. The van der Waals surface area contributed by atoms with Gasteiger partial charge in [-0.3, -0.25) is 14.2 Å². The Morgan fingerprint density at radius 3 is 2.72 bits per heavy atom. The van der Waals surface area contributed by atoms with Crippen LogP contribution in [0.15, 0.2) is 29.2 Å². The molecular weight excluding hydrogens is 370 g/mol. The minimum absolute atomic E-state index is 0.201. The summed E-state index contributed by atoms with van der Waals surface area (Å²) < 4.78 is 8.95. The first-order chi connectivity index (χ1) is 13.9. The Morgan fingerprint density at radius 2 is 2.07 bits per heavy atom. The second-order valence-electron chi connectivity index (χ2n) is 7.10. The van der Waals surface area contributed by atoms with E-state index in [4.69, 9.17) is 4.52 Å². The molecule has 1 atom stereocenters. The molecule has 0 aliphatic rings. The van der Waals surface area contributed by atoms with Crippen molar-refractivity contribution in [1.29, 1.82) is 0 Å². The zero-order valence-electron chi connectivity index (χ0n) is 17.1. The van der Waals surface area contributed by atoms with E-state index in [1.54, 1.807) is 30.1 Å². The highest BCUT2D eigenvalue weighted by molar-refractivity contribution is 6.07. The number of fused-ring (bicyclic) bond motifs is 1. The molecule has 4 aromatic heterocycles. The number of carbonyl (C=O) groups excluding carboxylic acids is 1. The van der Waals surface area contributed by atoms with Crippen LogP contribution in [0, 0.1) is 13.8 Å². The average Bonchev–Trinajstić information content (AvgIpc) is 3.40. The molecule has 4 rings (SSSR count). The van der Waals surface area contributed by atoms with Crippen molar-refractivity contribution in [3.63, 3.8) is 0 Å². The summed E-state index contributed by atoms with van der Waals surface area (Å²) in [5, 5.41) is 16.2. The van der Waals surface area contributed by atoms with Crippen LogP contribution < -0.4 is 5.32 Å². The lowest BCUT2D eigenvalue weighted by molar-refractivity contribution is 0.0941. The van der Waals surface area contributed by atoms with E-state index in [1.165, 1.54) is 0 Å². The Morgan fingerprint density at radius 1 is 1.28 bits per heavy atom. The van der Waals surface area contributed by atoms with Gasteiger partial charge in [0.2, 0.25) is 0 Å². The van der Waals surface area contributed by atoms with E-state index in [0.29, 0.717) is 28.1 Å². The van der Waals surface area contributed by atoms with Crippen LogP contribution in [0.25, 0.3) is 22.4 Å². The number of aromatic nitrogens is 6.